The first-order valence-electron chi connectivity index (χ1n) is 5.15. The van der Waals surface area contributed by atoms with Crippen molar-refractivity contribution in [2.24, 2.45) is 0 Å². The van der Waals surface area contributed by atoms with Crippen LogP contribution in [0.3, 0.4) is 0 Å². The van der Waals surface area contributed by atoms with Crippen molar-refractivity contribution in [1.29, 1.82) is 0 Å². The quantitative estimate of drug-likeness (QED) is 0.552. The van der Waals surface area contributed by atoms with Gasteiger partial charge in [-0.2, -0.15) is 0 Å². The standard InChI is InChI=1S/C11H18O2Si/c1-4-5-8-14(2,3)11-7-6-10(9-12)13-11/h6-7,9H,4-5,8H2,1-3H3. The molecule has 1 aromatic heterocycles. The summed E-state index contributed by atoms with van der Waals surface area (Å²) in [5, 5.41) is 1.05. The van der Waals surface area contributed by atoms with Crippen LogP contribution >= 0.6 is 0 Å². The van der Waals surface area contributed by atoms with Crippen LogP contribution in [0.15, 0.2) is 16.5 Å². The molecule has 0 atom stereocenters. The summed E-state index contributed by atoms with van der Waals surface area (Å²) in [6.45, 7) is 6.77. The number of carbonyl (C=O) groups excluding carboxylic acids is 1. The van der Waals surface area contributed by atoms with Crippen LogP contribution in [0.25, 0.3) is 0 Å². The van der Waals surface area contributed by atoms with Crippen molar-refractivity contribution < 1.29 is 9.21 Å². The molecule has 0 spiro atoms. The van der Waals surface area contributed by atoms with Gasteiger partial charge in [-0.25, -0.2) is 0 Å². The molecule has 0 N–H and O–H groups in total. The maximum Gasteiger partial charge on any atom is 0.185 e. The Morgan fingerprint density at radius 3 is 2.64 bits per heavy atom. The predicted octanol–water partition coefficient (Wildman–Crippen LogP) is 2.81. The van der Waals surface area contributed by atoms with Crippen LogP contribution in [-0.4, -0.2) is 14.4 Å². The molecule has 1 aromatic rings. The summed E-state index contributed by atoms with van der Waals surface area (Å²) >= 11 is 0. The number of hydrogen-bond acceptors (Lipinski definition) is 2. The molecule has 0 saturated carbocycles. The molecule has 0 bridgehead atoms. The van der Waals surface area contributed by atoms with Crippen LogP contribution in [0, 0.1) is 0 Å². The zero-order chi connectivity index (χ0) is 10.6. The van der Waals surface area contributed by atoms with E-state index in [1.807, 2.05) is 6.07 Å². The second-order valence-corrected chi connectivity index (χ2v) is 9.07. The van der Waals surface area contributed by atoms with Gasteiger partial charge in [0.05, 0.1) is 5.38 Å². The maximum atomic E-state index is 10.5. The summed E-state index contributed by atoms with van der Waals surface area (Å²) in [5.41, 5.74) is 0. The summed E-state index contributed by atoms with van der Waals surface area (Å²) < 4.78 is 5.49. The molecule has 0 aliphatic heterocycles. The molecule has 0 aromatic carbocycles. The molecule has 14 heavy (non-hydrogen) atoms. The van der Waals surface area contributed by atoms with E-state index in [9.17, 15) is 4.79 Å². The smallest absolute Gasteiger partial charge is 0.185 e. The van der Waals surface area contributed by atoms with E-state index in [-0.39, 0.29) is 0 Å². The van der Waals surface area contributed by atoms with E-state index in [0.717, 1.165) is 11.7 Å². The molecule has 1 heterocycles. The second-order valence-electron chi connectivity index (χ2n) is 4.31. The van der Waals surface area contributed by atoms with E-state index < -0.39 is 8.07 Å². The number of furan rings is 1. The molecule has 1 rings (SSSR count). The third-order valence-electron chi connectivity index (χ3n) is 2.57. The topological polar surface area (TPSA) is 30.2 Å². The minimum atomic E-state index is -1.42. The van der Waals surface area contributed by atoms with Crippen LogP contribution < -0.4 is 5.38 Å². The van der Waals surface area contributed by atoms with Gasteiger partial charge in [-0.15, -0.1) is 0 Å². The molecular formula is C11H18O2Si. The zero-order valence-electron chi connectivity index (χ0n) is 9.17. The Morgan fingerprint density at radius 2 is 2.14 bits per heavy atom. The van der Waals surface area contributed by atoms with Crippen molar-refractivity contribution in [3.8, 4) is 0 Å². The zero-order valence-corrected chi connectivity index (χ0v) is 10.2. The fourth-order valence-corrected chi connectivity index (χ4v) is 3.93. The molecule has 0 amide bonds. The highest BCUT2D eigenvalue weighted by atomic mass is 28.3. The average molecular weight is 210 g/mol. The number of rotatable bonds is 5. The second kappa shape index (κ2) is 4.60. The van der Waals surface area contributed by atoms with Crippen molar-refractivity contribution in [2.75, 3.05) is 0 Å². The third kappa shape index (κ3) is 2.58. The van der Waals surface area contributed by atoms with Crippen LogP contribution in [0.1, 0.15) is 30.3 Å². The summed E-state index contributed by atoms with van der Waals surface area (Å²) in [6.07, 6.45) is 3.24. The SMILES string of the molecule is CCCC[Si](C)(C)c1ccc(C=O)o1. The Labute approximate surface area is 86.3 Å². The Balaban J connectivity index is 2.75. The van der Waals surface area contributed by atoms with Crippen molar-refractivity contribution in [1.82, 2.24) is 0 Å². The first-order chi connectivity index (χ1) is 6.60. The lowest BCUT2D eigenvalue weighted by Gasteiger charge is -2.18. The monoisotopic (exact) mass is 210 g/mol. The number of hydrogen-bond donors (Lipinski definition) is 0. The first-order valence-corrected chi connectivity index (χ1v) is 8.36. The highest BCUT2D eigenvalue weighted by Crippen LogP contribution is 2.14. The highest BCUT2D eigenvalue weighted by Gasteiger charge is 2.26. The van der Waals surface area contributed by atoms with Gasteiger partial charge >= 0.3 is 0 Å². The van der Waals surface area contributed by atoms with Crippen LogP contribution in [-0.2, 0) is 0 Å². The lowest BCUT2D eigenvalue weighted by molar-refractivity contribution is 0.110. The lowest BCUT2D eigenvalue weighted by atomic mass is 10.4. The number of unbranched alkanes of at least 4 members (excludes halogenated alkanes) is 1. The van der Waals surface area contributed by atoms with Gasteiger partial charge in [0.2, 0.25) is 0 Å². The summed E-state index contributed by atoms with van der Waals surface area (Å²) in [6, 6.07) is 4.96. The minimum Gasteiger partial charge on any atom is -0.463 e. The molecule has 0 unspecified atom stereocenters. The van der Waals surface area contributed by atoms with Gasteiger partial charge in [0.15, 0.2) is 12.0 Å². The van der Waals surface area contributed by atoms with Crippen LogP contribution in [0.4, 0.5) is 0 Å². The molecule has 78 valence electrons. The van der Waals surface area contributed by atoms with E-state index >= 15 is 0 Å². The normalized spacial score (nSPS) is 11.6. The van der Waals surface area contributed by atoms with Crippen LogP contribution in [0.2, 0.25) is 19.1 Å². The van der Waals surface area contributed by atoms with E-state index in [2.05, 4.69) is 20.0 Å². The Hall–Kier alpha value is -0.833. The fourth-order valence-electron chi connectivity index (χ4n) is 1.52. The van der Waals surface area contributed by atoms with Gasteiger partial charge in [0.1, 0.15) is 8.07 Å². The van der Waals surface area contributed by atoms with Gasteiger partial charge in [-0.05, 0) is 12.1 Å². The Kier molecular flexibility index (Phi) is 3.69. The van der Waals surface area contributed by atoms with Gasteiger partial charge in [-0.1, -0.05) is 38.9 Å². The van der Waals surface area contributed by atoms with Gasteiger partial charge in [0, 0.05) is 0 Å². The Morgan fingerprint density at radius 1 is 1.43 bits per heavy atom. The van der Waals surface area contributed by atoms with Crippen LogP contribution in [0.5, 0.6) is 0 Å². The van der Waals surface area contributed by atoms with Gasteiger partial charge < -0.3 is 4.42 Å². The molecule has 0 saturated heterocycles. The van der Waals surface area contributed by atoms with Gasteiger partial charge in [0.25, 0.3) is 0 Å². The van der Waals surface area contributed by atoms with E-state index in [1.165, 1.54) is 18.9 Å². The fraction of sp³-hybridized carbons (Fsp3) is 0.545. The average Bonchev–Trinajstić information content (AvgIpc) is 2.63. The van der Waals surface area contributed by atoms with Crippen molar-refractivity contribution in [3.05, 3.63) is 17.9 Å². The molecule has 2 nitrogen and oxygen atoms in total. The van der Waals surface area contributed by atoms with E-state index in [1.54, 1.807) is 6.07 Å². The summed E-state index contributed by atoms with van der Waals surface area (Å²) in [7, 11) is -1.42. The van der Waals surface area contributed by atoms with Crippen molar-refractivity contribution in [3.63, 3.8) is 0 Å². The summed E-state index contributed by atoms with van der Waals surface area (Å²) in [5.74, 6) is 0.456. The van der Waals surface area contributed by atoms with Gasteiger partial charge in [-0.3, -0.25) is 4.79 Å². The minimum absolute atomic E-state index is 0.456. The molecule has 3 heteroatoms. The number of aldehydes is 1. The maximum absolute atomic E-state index is 10.5. The van der Waals surface area contributed by atoms with Crippen molar-refractivity contribution >= 4 is 19.7 Å². The Bertz CT molecular complexity index is 302. The highest BCUT2D eigenvalue weighted by molar-refractivity contribution is 6.88. The largest absolute Gasteiger partial charge is 0.463 e. The molecular weight excluding hydrogens is 192 g/mol. The predicted molar refractivity (Wildman–Crippen MR) is 60.9 cm³/mol. The third-order valence-corrected chi connectivity index (χ3v) is 5.77. The lowest BCUT2D eigenvalue weighted by Crippen LogP contribution is -2.40. The van der Waals surface area contributed by atoms with E-state index in [0.29, 0.717) is 5.76 Å². The first kappa shape index (κ1) is 11.2. The summed E-state index contributed by atoms with van der Waals surface area (Å²) in [4.78, 5) is 10.5. The molecule has 0 aliphatic rings. The van der Waals surface area contributed by atoms with E-state index in [4.69, 9.17) is 4.42 Å². The van der Waals surface area contributed by atoms with Crippen molar-refractivity contribution in [2.45, 2.75) is 38.9 Å². The number of carbonyl (C=O) groups is 1. The molecule has 0 aliphatic carbocycles. The molecule has 0 fully saturated rings. The molecule has 0 radical (unpaired) electrons.